The Kier molecular flexibility index (Phi) is 26.7. The first-order chi connectivity index (χ1) is 41.2. The average molecular weight is 1260 g/mol. The van der Waals surface area contributed by atoms with Crippen LogP contribution >= 0.6 is 0 Å². The molecule has 0 N–H and O–H groups in total. The van der Waals surface area contributed by atoms with Crippen molar-refractivity contribution in [1.29, 1.82) is 0 Å². The summed E-state index contributed by atoms with van der Waals surface area (Å²) in [5.41, 5.74) is 3.33. The minimum Gasteiger partial charge on any atom is -0.481 e. The fraction of sp³-hybridized carbons (Fsp3) is 0.522. The molecule has 0 amide bonds. The van der Waals surface area contributed by atoms with Crippen molar-refractivity contribution in [1.82, 2.24) is 8.61 Å². The predicted molar refractivity (Wildman–Crippen MR) is 344 cm³/mol. The lowest BCUT2D eigenvalue weighted by Crippen LogP contribution is -2.33. The van der Waals surface area contributed by atoms with Gasteiger partial charge in [0.25, 0.3) is 0 Å². The lowest BCUT2D eigenvalue weighted by atomic mass is 9.90. The van der Waals surface area contributed by atoms with Crippen LogP contribution in [0.2, 0.25) is 0 Å². The van der Waals surface area contributed by atoms with Crippen molar-refractivity contribution in [3.05, 3.63) is 124 Å². The highest BCUT2D eigenvalue weighted by Gasteiger charge is 2.32. The lowest BCUT2D eigenvalue weighted by Gasteiger charge is -2.27. The summed E-state index contributed by atoms with van der Waals surface area (Å²) in [6, 6.07) is 24.2. The van der Waals surface area contributed by atoms with Crippen LogP contribution < -0.4 is 14.2 Å². The van der Waals surface area contributed by atoms with Gasteiger partial charge in [0.2, 0.25) is 20.0 Å². The van der Waals surface area contributed by atoms with Gasteiger partial charge in [-0.05, 0) is 188 Å². The van der Waals surface area contributed by atoms with Crippen molar-refractivity contribution in [2.75, 3.05) is 59.3 Å². The molecule has 0 fully saturated rings. The summed E-state index contributed by atoms with van der Waals surface area (Å²) in [5, 5.41) is 0. The van der Waals surface area contributed by atoms with Crippen LogP contribution in [0.1, 0.15) is 154 Å². The van der Waals surface area contributed by atoms with Gasteiger partial charge in [-0.25, -0.2) is 31.2 Å². The summed E-state index contributed by atoms with van der Waals surface area (Å²) in [6.07, 6.45) is 4.33. The number of aryl methyl sites for hydroxylation is 5. The third-order valence-electron chi connectivity index (χ3n) is 13.4. The quantitative estimate of drug-likeness (QED) is 0.0218. The van der Waals surface area contributed by atoms with Crippen LogP contribution in [0.3, 0.4) is 0 Å². The molecule has 0 aliphatic heterocycles. The van der Waals surface area contributed by atoms with Gasteiger partial charge >= 0.3 is 17.9 Å². The summed E-state index contributed by atoms with van der Waals surface area (Å²) in [4.78, 5) is 41.6. The van der Waals surface area contributed by atoms with Gasteiger partial charge < -0.3 is 37.9 Å². The minimum absolute atomic E-state index is 0.0637. The number of unbranched alkanes of at least 4 members (excludes halogenated alkanes) is 2. The van der Waals surface area contributed by atoms with Crippen LogP contribution in [0.5, 0.6) is 17.2 Å². The Morgan fingerprint density at radius 2 is 0.682 bits per heavy atom. The van der Waals surface area contributed by atoms with E-state index in [0.717, 1.165) is 36.8 Å². The summed E-state index contributed by atoms with van der Waals surface area (Å²) < 4.78 is 112. The molecule has 0 atom stereocenters. The standard InChI is InChI=1S/C69H96N2O15S2/c1-17-19-33-79-35-21-31-70(87(75,76)55-27-23-48(3)24-28-55)43-53-37-50(5)39-57(64(53)81-45-61(72)84-67(8,9)10)59-41-52(7)42-60(66(59)83-47-63(74)86-69(14,15)16)58-40-51(6)38-54(65(58)82-46-62(73)85-68(11,12)13)44-71(32-22-36-80-34-20-18-2)88(77,78)56-29-25-49(4)26-30-56/h23-30,37-42H,17-22,31-36,43-47H2,1-16H3. The number of carbonyl (C=O) groups is 3. The van der Waals surface area contributed by atoms with Gasteiger partial charge in [0.15, 0.2) is 19.8 Å². The highest BCUT2D eigenvalue weighted by molar-refractivity contribution is 7.89. The van der Waals surface area contributed by atoms with E-state index in [4.69, 9.17) is 37.9 Å². The Balaban J connectivity index is 1.87. The van der Waals surface area contributed by atoms with E-state index in [2.05, 4.69) is 13.8 Å². The lowest BCUT2D eigenvalue weighted by molar-refractivity contribution is -0.158. The average Bonchev–Trinajstić information content (AvgIpc) is 0.969. The normalized spacial score (nSPS) is 12.3. The second-order valence-corrected chi connectivity index (χ2v) is 29.2. The smallest absolute Gasteiger partial charge is 0.344 e. The molecule has 0 spiro atoms. The zero-order valence-electron chi connectivity index (χ0n) is 54.9. The molecule has 0 bridgehead atoms. The SMILES string of the molecule is CCCCOCCCN(Cc1cc(C)cc(-c2cc(C)cc(-c3cc(C)cc(CN(CCCOCCCC)S(=O)(=O)c4ccc(C)cc4)c3OCC(=O)OC(C)(C)C)c2OCC(=O)OC(C)(C)C)c1OCC(=O)OC(C)(C)C)S(=O)(=O)c1ccc(C)cc1. The van der Waals surface area contributed by atoms with Gasteiger partial charge in [0.05, 0.1) is 9.79 Å². The molecule has 0 saturated carbocycles. The third kappa shape index (κ3) is 22.6. The van der Waals surface area contributed by atoms with Crippen molar-refractivity contribution in [2.24, 2.45) is 0 Å². The Bertz CT molecular complexity index is 3160. The van der Waals surface area contributed by atoms with Gasteiger partial charge in [0.1, 0.15) is 34.1 Å². The van der Waals surface area contributed by atoms with Crippen LogP contribution in [-0.2, 0) is 71.2 Å². The van der Waals surface area contributed by atoms with Crippen LogP contribution in [0.25, 0.3) is 22.3 Å². The van der Waals surface area contributed by atoms with Gasteiger partial charge in [-0.15, -0.1) is 0 Å². The largest absolute Gasteiger partial charge is 0.481 e. The first-order valence-corrected chi connectivity index (χ1v) is 33.3. The fourth-order valence-electron chi connectivity index (χ4n) is 9.56. The summed E-state index contributed by atoms with van der Waals surface area (Å²) in [5.74, 6) is -1.72. The number of nitrogens with zero attached hydrogens (tertiary/aromatic N) is 2. The van der Waals surface area contributed by atoms with Crippen molar-refractivity contribution in [3.63, 3.8) is 0 Å². The molecule has 0 saturated heterocycles. The number of hydrogen-bond acceptors (Lipinski definition) is 15. The molecule has 0 aromatic heterocycles. The molecule has 0 radical (unpaired) electrons. The second-order valence-electron chi connectivity index (χ2n) is 25.4. The Morgan fingerprint density at radius 3 is 0.989 bits per heavy atom. The molecular formula is C69H96N2O15S2. The first-order valence-electron chi connectivity index (χ1n) is 30.5. The van der Waals surface area contributed by atoms with E-state index in [1.54, 1.807) is 111 Å². The number of hydrogen-bond donors (Lipinski definition) is 0. The monoisotopic (exact) mass is 1260 g/mol. The van der Waals surface area contributed by atoms with E-state index in [1.165, 1.54) is 8.61 Å². The molecule has 0 aliphatic carbocycles. The predicted octanol–water partition coefficient (Wildman–Crippen LogP) is 13.5. The van der Waals surface area contributed by atoms with E-state index < -0.39 is 74.6 Å². The number of benzene rings is 5. The number of sulfonamides is 2. The maximum atomic E-state index is 14.9. The number of carbonyl (C=O) groups excluding carboxylic acids is 3. The van der Waals surface area contributed by atoms with Crippen LogP contribution in [0, 0.1) is 34.6 Å². The van der Waals surface area contributed by atoms with Crippen LogP contribution in [0.15, 0.2) is 94.7 Å². The summed E-state index contributed by atoms with van der Waals surface area (Å²) in [7, 11) is -8.37. The van der Waals surface area contributed by atoms with E-state index >= 15 is 0 Å². The Hall–Kier alpha value is -6.35. The van der Waals surface area contributed by atoms with Crippen molar-refractivity contribution < 1.29 is 69.1 Å². The molecule has 17 nitrogen and oxygen atoms in total. The molecule has 484 valence electrons. The van der Waals surface area contributed by atoms with Gasteiger partial charge in [-0.3, -0.25) is 0 Å². The Morgan fingerprint density at radius 1 is 0.398 bits per heavy atom. The Labute approximate surface area is 524 Å². The minimum atomic E-state index is -4.19. The maximum Gasteiger partial charge on any atom is 0.344 e. The van der Waals surface area contributed by atoms with Crippen molar-refractivity contribution >= 4 is 38.0 Å². The second kappa shape index (κ2) is 32.4. The molecule has 5 rings (SSSR count). The molecule has 88 heavy (non-hydrogen) atoms. The first kappa shape index (κ1) is 72.4. The fourth-order valence-corrected chi connectivity index (χ4v) is 12.5. The molecular weight excluding hydrogens is 1160 g/mol. The molecule has 0 heterocycles. The van der Waals surface area contributed by atoms with Crippen molar-refractivity contribution in [2.45, 2.75) is 189 Å². The van der Waals surface area contributed by atoms with E-state index in [-0.39, 0.29) is 53.2 Å². The van der Waals surface area contributed by atoms with E-state index in [1.807, 2.05) is 71.0 Å². The third-order valence-corrected chi connectivity index (χ3v) is 17.1. The molecule has 0 aliphatic rings. The molecule has 5 aromatic rings. The van der Waals surface area contributed by atoms with Gasteiger partial charge in [-0.1, -0.05) is 74.2 Å². The summed E-state index contributed by atoms with van der Waals surface area (Å²) >= 11 is 0. The van der Waals surface area contributed by atoms with Gasteiger partial charge in [0, 0.05) is 86.0 Å². The number of ether oxygens (including phenoxy) is 8. The number of rotatable bonds is 33. The summed E-state index contributed by atoms with van der Waals surface area (Å²) in [6.45, 7) is 28.7. The zero-order valence-corrected chi connectivity index (χ0v) is 56.6. The molecule has 0 unspecified atom stereocenters. The van der Waals surface area contributed by atoms with Gasteiger partial charge in [-0.2, -0.15) is 8.61 Å². The van der Waals surface area contributed by atoms with Crippen LogP contribution in [0.4, 0.5) is 0 Å². The van der Waals surface area contributed by atoms with E-state index in [0.29, 0.717) is 89.3 Å². The zero-order chi connectivity index (χ0) is 65.2. The highest BCUT2D eigenvalue weighted by atomic mass is 32.2. The topological polar surface area (TPSA) is 200 Å². The van der Waals surface area contributed by atoms with E-state index in [9.17, 15) is 31.2 Å². The molecule has 5 aromatic carbocycles. The van der Waals surface area contributed by atoms with Crippen LogP contribution in [-0.4, -0.2) is 119 Å². The molecule has 19 heteroatoms. The maximum absolute atomic E-state index is 14.9. The highest BCUT2D eigenvalue weighted by Crippen LogP contribution is 2.49. The number of esters is 3. The van der Waals surface area contributed by atoms with Crippen molar-refractivity contribution in [3.8, 4) is 39.5 Å².